The first-order valence-electron chi connectivity index (χ1n) is 14.8. The number of benzene rings is 3. The van der Waals surface area contributed by atoms with Gasteiger partial charge in [0.1, 0.15) is 12.2 Å². The van der Waals surface area contributed by atoms with Gasteiger partial charge in [0.2, 0.25) is 0 Å². The van der Waals surface area contributed by atoms with Crippen LogP contribution in [0.3, 0.4) is 0 Å². The SMILES string of the molecule is CSCO[C@H]1[C@@H](OC(=O)c2ccccc2Cl)[C@H](n2ccc(=O)[nH]c2=O)O[C@@H]1CO[Si](c1ccccc1)(c1ccccc1)C(C)(C)C. The largest absolute Gasteiger partial charge is 0.451 e. The predicted molar refractivity (Wildman–Crippen MR) is 183 cm³/mol. The molecule has 0 radical (unpaired) electrons. The van der Waals surface area contributed by atoms with Crippen molar-refractivity contribution >= 4 is 48.0 Å². The first-order valence-corrected chi connectivity index (χ1v) is 18.5. The maximum absolute atomic E-state index is 13.5. The number of aromatic nitrogens is 2. The van der Waals surface area contributed by atoms with Crippen molar-refractivity contribution < 1.29 is 23.4 Å². The van der Waals surface area contributed by atoms with E-state index in [1.54, 1.807) is 24.3 Å². The molecule has 1 saturated heterocycles. The maximum atomic E-state index is 13.5. The fourth-order valence-electron chi connectivity index (χ4n) is 5.95. The smallest absolute Gasteiger partial charge is 0.340 e. The van der Waals surface area contributed by atoms with Gasteiger partial charge >= 0.3 is 11.7 Å². The number of hydrogen-bond donors (Lipinski definition) is 1. The molecule has 0 spiro atoms. The van der Waals surface area contributed by atoms with Crippen molar-refractivity contribution in [2.24, 2.45) is 0 Å². The third-order valence-corrected chi connectivity index (χ3v) is 13.7. The van der Waals surface area contributed by atoms with Crippen LogP contribution in [0.5, 0.6) is 0 Å². The van der Waals surface area contributed by atoms with Gasteiger partial charge in [-0.2, -0.15) is 0 Å². The van der Waals surface area contributed by atoms with Gasteiger partial charge in [0, 0.05) is 12.3 Å². The van der Waals surface area contributed by atoms with Crippen LogP contribution in [0.1, 0.15) is 37.4 Å². The van der Waals surface area contributed by atoms with Gasteiger partial charge in [0.05, 0.1) is 23.1 Å². The van der Waals surface area contributed by atoms with E-state index < -0.39 is 50.1 Å². The fraction of sp³-hybridized carbons (Fsp3) is 0.324. The molecular formula is C34H37ClN2O7SSi. The average Bonchev–Trinajstić information content (AvgIpc) is 3.37. The molecule has 0 unspecified atom stereocenters. The van der Waals surface area contributed by atoms with Crippen LogP contribution in [0.2, 0.25) is 10.1 Å². The van der Waals surface area contributed by atoms with Crippen LogP contribution >= 0.6 is 23.4 Å². The Kier molecular flexibility index (Phi) is 10.7. The minimum atomic E-state index is -2.99. The molecule has 12 heteroatoms. The first kappa shape index (κ1) is 33.9. The second-order valence-electron chi connectivity index (χ2n) is 11.9. The summed E-state index contributed by atoms with van der Waals surface area (Å²) in [5.74, 6) is -0.440. The van der Waals surface area contributed by atoms with E-state index >= 15 is 0 Å². The number of H-pyrrole nitrogens is 1. The summed E-state index contributed by atoms with van der Waals surface area (Å²) >= 11 is 7.78. The number of thioether (sulfide) groups is 1. The Labute approximate surface area is 277 Å². The molecule has 46 heavy (non-hydrogen) atoms. The van der Waals surface area contributed by atoms with Crippen molar-refractivity contribution in [3.63, 3.8) is 0 Å². The Balaban J connectivity index is 1.57. The summed E-state index contributed by atoms with van der Waals surface area (Å²) in [6, 6.07) is 28.1. The third kappa shape index (κ3) is 6.95. The summed E-state index contributed by atoms with van der Waals surface area (Å²) in [6.45, 7) is 6.59. The highest BCUT2D eigenvalue weighted by Gasteiger charge is 2.54. The van der Waals surface area contributed by atoms with Gasteiger partial charge in [-0.05, 0) is 33.8 Å². The number of carbonyl (C=O) groups is 1. The lowest BCUT2D eigenvalue weighted by Crippen LogP contribution is -2.67. The van der Waals surface area contributed by atoms with E-state index in [0.717, 1.165) is 10.4 Å². The Bertz CT molecular complexity index is 1710. The highest BCUT2D eigenvalue weighted by atomic mass is 35.5. The number of carbonyl (C=O) groups excluding carboxylic acids is 1. The fourth-order valence-corrected chi connectivity index (χ4v) is 11.0. The van der Waals surface area contributed by atoms with Crippen LogP contribution < -0.4 is 21.6 Å². The van der Waals surface area contributed by atoms with E-state index in [4.69, 9.17) is 30.2 Å². The zero-order valence-electron chi connectivity index (χ0n) is 26.1. The third-order valence-electron chi connectivity index (χ3n) is 8.01. The Hall–Kier alpha value is -3.45. The number of nitrogens with zero attached hydrogens (tertiary/aromatic N) is 1. The maximum Gasteiger partial charge on any atom is 0.340 e. The van der Waals surface area contributed by atoms with Crippen molar-refractivity contribution in [1.82, 2.24) is 9.55 Å². The molecule has 3 aromatic carbocycles. The molecule has 1 aromatic heterocycles. The Morgan fingerprint density at radius 2 is 1.54 bits per heavy atom. The van der Waals surface area contributed by atoms with Crippen molar-refractivity contribution in [1.29, 1.82) is 0 Å². The number of halogens is 1. The Morgan fingerprint density at radius 1 is 0.935 bits per heavy atom. The lowest BCUT2D eigenvalue weighted by atomic mass is 10.1. The Morgan fingerprint density at radius 3 is 2.11 bits per heavy atom. The minimum absolute atomic E-state index is 0.0705. The van der Waals surface area contributed by atoms with Gasteiger partial charge in [-0.1, -0.05) is 105 Å². The molecule has 1 N–H and O–H groups in total. The van der Waals surface area contributed by atoms with Crippen molar-refractivity contribution in [2.75, 3.05) is 18.8 Å². The number of nitrogens with one attached hydrogen (secondary N) is 1. The van der Waals surface area contributed by atoms with E-state index in [2.05, 4.69) is 50.0 Å². The minimum Gasteiger partial charge on any atom is -0.451 e. The summed E-state index contributed by atoms with van der Waals surface area (Å²) in [7, 11) is -2.99. The van der Waals surface area contributed by atoms with Crippen molar-refractivity contribution in [3.05, 3.63) is 129 Å². The molecule has 0 saturated carbocycles. The standard InChI is InChI=1S/C34H37ClN2O7SSi/c1-34(2,3)46(23-13-7-5-8-14-23,24-15-9-6-10-16-24)42-21-27-29(41-22-45-4)30(44-32(39)25-17-11-12-18-26(25)35)31(43-27)37-20-19-28(38)36-33(37)40/h5-20,27,29-31H,21-22H2,1-4H3,(H,36,38,40)/t27-,29-,30-,31-/m1/s1. The molecule has 0 amide bonds. The normalized spacial score (nSPS) is 20.0. The van der Waals surface area contributed by atoms with Gasteiger partial charge in [-0.3, -0.25) is 14.3 Å². The highest BCUT2D eigenvalue weighted by Crippen LogP contribution is 2.39. The molecule has 5 rings (SSSR count). The van der Waals surface area contributed by atoms with Gasteiger partial charge in [0.25, 0.3) is 13.9 Å². The van der Waals surface area contributed by atoms with Crippen LogP contribution in [0.15, 0.2) is 107 Å². The summed E-state index contributed by atoms with van der Waals surface area (Å²) in [5, 5.41) is 2.08. The molecule has 0 bridgehead atoms. The van der Waals surface area contributed by atoms with Crippen LogP contribution in [0.25, 0.3) is 0 Å². The quantitative estimate of drug-likeness (QED) is 0.139. The van der Waals surface area contributed by atoms with Crippen LogP contribution in [-0.2, 0) is 18.6 Å². The summed E-state index contributed by atoms with van der Waals surface area (Å²) in [5.41, 5.74) is -1.12. The molecule has 1 aliphatic rings. The van der Waals surface area contributed by atoms with E-state index in [9.17, 15) is 14.4 Å². The number of ether oxygens (including phenoxy) is 3. The second-order valence-corrected chi connectivity index (χ2v) is 17.5. The summed E-state index contributed by atoms with van der Waals surface area (Å²) in [6.07, 6.45) is -0.609. The molecule has 1 fully saturated rings. The van der Waals surface area contributed by atoms with Crippen molar-refractivity contribution in [3.8, 4) is 0 Å². The highest BCUT2D eigenvalue weighted by molar-refractivity contribution is 7.98. The summed E-state index contributed by atoms with van der Waals surface area (Å²) in [4.78, 5) is 40.7. The number of rotatable bonds is 11. The summed E-state index contributed by atoms with van der Waals surface area (Å²) < 4.78 is 27.3. The molecule has 4 atom stereocenters. The lowest BCUT2D eigenvalue weighted by Gasteiger charge is -2.43. The second kappa shape index (κ2) is 14.5. The lowest BCUT2D eigenvalue weighted by molar-refractivity contribution is -0.0588. The van der Waals surface area contributed by atoms with Crippen LogP contribution in [0, 0.1) is 0 Å². The predicted octanol–water partition coefficient (Wildman–Crippen LogP) is 4.60. The van der Waals surface area contributed by atoms with E-state index in [1.165, 1.54) is 28.6 Å². The molecular weight excluding hydrogens is 644 g/mol. The number of esters is 1. The van der Waals surface area contributed by atoms with Crippen molar-refractivity contribution in [2.45, 2.75) is 50.3 Å². The molecule has 4 aromatic rings. The van der Waals surface area contributed by atoms with E-state index in [1.807, 2.05) is 42.7 Å². The van der Waals surface area contributed by atoms with Gasteiger partial charge in [-0.25, -0.2) is 9.59 Å². The molecule has 1 aliphatic heterocycles. The molecule has 2 heterocycles. The van der Waals surface area contributed by atoms with Crippen LogP contribution in [0.4, 0.5) is 0 Å². The van der Waals surface area contributed by atoms with E-state index in [-0.39, 0.29) is 28.2 Å². The van der Waals surface area contributed by atoms with Gasteiger partial charge in [0.15, 0.2) is 12.3 Å². The molecule has 9 nitrogen and oxygen atoms in total. The zero-order chi connectivity index (χ0) is 32.9. The zero-order valence-corrected chi connectivity index (χ0v) is 28.6. The monoisotopic (exact) mass is 680 g/mol. The van der Waals surface area contributed by atoms with Gasteiger partial charge < -0.3 is 18.6 Å². The van der Waals surface area contributed by atoms with Gasteiger partial charge in [-0.15, -0.1) is 11.8 Å². The number of hydrogen-bond acceptors (Lipinski definition) is 8. The van der Waals surface area contributed by atoms with Crippen LogP contribution in [-0.4, -0.2) is 61.0 Å². The number of aromatic amines is 1. The first-order chi connectivity index (χ1) is 22.1. The van der Waals surface area contributed by atoms with E-state index in [0.29, 0.717) is 0 Å². The molecule has 242 valence electrons. The molecule has 0 aliphatic carbocycles. The average molecular weight is 681 g/mol. The topological polar surface area (TPSA) is 109 Å².